The maximum Gasteiger partial charge on any atom is 0.300 e. The van der Waals surface area contributed by atoms with Crippen molar-refractivity contribution in [3.8, 4) is 11.5 Å². The number of aliphatic hydroxyl groups excluding tert-OH is 1. The van der Waals surface area contributed by atoms with Crippen molar-refractivity contribution in [3.05, 3.63) is 94.3 Å². The summed E-state index contributed by atoms with van der Waals surface area (Å²) in [6.45, 7) is 2.33. The molecule has 0 bridgehead atoms. The second-order valence-corrected chi connectivity index (χ2v) is 7.93. The topological polar surface area (TPSA) is 76.1 Å². The van der Waals surface area contributed by atoms with E-state index in [1.54, 1.807) is 48.5 Å². The van der Waals surface area contributed by atoms with Crippen molar-refractivity contribution in [3.63, 3.8) is 0 Å². The lowest BCUT2D eigenvalue weighted by atomic mass is 9.94. The number of aliphatic hydroxyl groups is 1. The quantitative estimate of drug-likeness (QED) is 0.285. The van der Waals surface area contributed by atoms with E-state index in [2.05, 4.69) is 0 Å². The first-order valence-electron chi connectivity index (χ1n) is 10.5. The molecule has 0 spiro atoms. The van der Waals surface area contributed by atoms with Gasteiger partial charge in [-0.05, 0) is 67.1 Å². The predicted molar refractivity (Wildman–Crippen MR) is 127 cm³/mol. The van der Waals surface area contributed by atoms with Gasteiger partial charge < -0.3 is 14.6 Å². The van der Waals surface area contributed by atoms with E-state index in [0.29, 0.717) is 28.6 Å². The van der Waals surface area contributed by atoms with Crippen LogP contribution in [0.1, 0.15) is 24.1 Å². The smallest absolute Gasteiger partial charge is 0.300 e. The van der Waals surface area contributed by atoms with Crippen molar-refractivity contribution in [2.24, 2.45) is 0 Å². The Morgan fingerprint density at radius 2 is 1.74 bits per heavy atom. The highest BCUT2D eigenvalue weighted by Gasteiger charge is 2.47. The Bertz CT molecular complexity index is 1270. The molecule has 1 unspecified atom stereocenters. The molecule has 1 saturated heterocycles. The Morgan fingerprint density at radius 3 is 2.35 bits per heavy atom. The Morgan fingerprint density at radius 1 is 1.06 bits per heavy atom. The van der Waals surface area contributed by atoms with Crippen LogP contribution in [0.5, 0.6) is 11.5 Å². The van der Waals surface area contributed by atoms with Gasteiger partial charge in [-0.1, -0.05) is 23.7 Å². The van der Waals surface area contributed by atoms with Crippen molar-refractivity contribution in [2.75, 3.05) is 18.6 Å². The molecule has 1 atom stereocenters. The third kappa shape index (κ3) is 4.22. The molecule has 1 N–H and O–H groups in total. The van der Waals surface area contributed by atoms with Crippen LogP contribution in [0.4, 0.5) is 10.1 Å². The number of methoxy groups -OCH3 is 1. The van der Waals surface area contributed by atoms with Crippen LogP contribution in [0.3, 0.4) is 0 Å². The number of ether oxygens (including phenoxy) is 2. The molecular formula is C26H21ClFNO5. The van der Waals surface area contributed by atoms with Crippen LogP contribution in [0.2, 0.25) is 5.02 Å². The number of halogens is 2. The highest BCUT2D eigenvalue weighted by molar-refractivity contribution is 6.51. The van der Waals surface area contributed by atoms with Crippen LogP contribution in [0, 0.1) is 5.82 Å². The van der Waals surface area contributed by atoms with Gasteiger partial charge in [0, 0.05) is 10.7 Å². The first-order valence-corrected chi connectivity index (χ1v) is 10.9. The molecule has 1 aliphatic heterocycles. The van der Waals surface area contributed by atoms with Crippen molar-refractivity contribution >= 4 is 34.7 Å². The monoisotopic (exact) mass is 481 g/mol. The molecule has 34 heavy (non-hydrogen) atoms. The van der Waals surface area contributed by atoms with E-state index < -0.39 is 29.3 Å². The number of ketones is 1. The molecule has 3 aromatic carbocycles. The summed E-state index contributed by atoms with van der Waals surface area (Å²) in [7, 11) is 1.36. The van der Waals surface area contributed by atoms with E-state index in [4.69, 9.17) is 21.1 Å². The minimum Gasteiger partial charge on any atom is -0.507 e. The largest absolute Gasteiger partial charge is 0.507 e. The second-order valence-electron chi connectivity index (χ2n) is 7.49. The summed E-state index contributed by atoms with van der Waals surface area (Å²) in [5, 5.41) is 11.7. The lowest BCUT2D eigenvalue weighted by Crippen LogP contribution is -2.29. The molecule has 0 saturated carbocycles. The molecule has 1 heterocycles. The number of Topliss-reactive ketones (excluding diaryl/α,β-unsaturated/α-hetero) is 1. The lowest BCUT2D eigenvalue weighted by molar-refractivity contribution is -0.132. The van der Waals surface area contributed by atoms with Crippen LogP contribution in [-0.2, 0) is 9.59 Å². The number of amides is 1. The van der Waals surface area contributed by atoms with E-state index in [1.807, 2.05) is 6.92 Å². The molecule has 0 radical (unpaired) electrons. The van der Waals surface area contributed by atoms with Gasteiger partial charge in [0.1, 0.15) is 23.1 Å². The Hall–Kier alpha value is -3.84. The van der Waals surface area contributed by atoms with Gasteiger partial charge in [0.25, 0.3) is 11.7 Å². The molecule has 0 aliphatic carbocycles. The van der Waals surface area contributed by atoms with Gasteiger partial charge in [-0.2, -0.15) is 0 Å². The predicted octanol–water partition coefficient (Wildman–Crippen LogP) is 5.51. The number of carbonyl (C=O) groups is 2. The van der Waals surface area contributed by atoms with Crippen molar-refractivity contribution in [1.82, 2.24) is 0 Å². The fraction of sp³-hybridized carbons (Fsp3) is 0.154. The maximum absolute atomic E-state index is 14.0. The summed E-state index contributed by atoms with van der Waals surface area (Å²) in [4.78, 5) is 27.7. The molecule has 174 valence electrons. The fourth-order valence-corrected chi connectivity index (χ4v) is 4.07. The standard InChI is InChI=1S/C26H21ClFNO5/c1-3-34-19-11-4-15(5-12-19)23-22(24(30)20-14-17(28)8-13-21(20)33-2)25(31)26(32)29(23)18-9-6-16(27)7-10-18/h4-14,23,30H,3H2,1-2H3/b24-22+. The number of benzene rings is 3. The summed E-state index contributed by atoms with van der Waals surface area (Å²) in [5.41, 5.74) is 0.741. The maximum atomic E-state index is 14.0. The SMILES string of the molecule is CCOc1ccc(C2/C(=C(\O)c3cc(F)ccc3OC)C(=O)C(=O)N2c2ccc(Cl)cc2)cc1. The van der Waals surface area contributed by atoms with E-state index >= 15 is 0 Å². The van der Waals surface area contributed by atoms with Gasteiger partial charge in [0.2, 0.25) is 0 Å². The summed E-state index contributed by atoms with van der Waals surface area (Å²) in [6, 6.07) is 15.8. The van der Waals surface area contributed by atoms with Crippen molar-refractivity contribution < 1.29 is 28.6 Å². The number of anilines is 1. The van der Waals surface area contributed by atoms with Crippen molar-refractivity contribution in [2.45, 2.75) is 13.0 Å². The zero-order chi connectivity index (χ0) is 24.4. The summed E-state index contributed by atoms with van der Waals surface area (Å²) in [6.07, 6.45) is 0. The average Bonchev–Trinajstić information content (AvgIpc) is 3.10. The molecule has 0 aromatic heterocycles. The van der Waals surface area contributed by atoms with Gasteiger partial charge in [0.05, 0.1) is 30.9 Å². The van der Waals surface area contributed by atoms with E-state index in [0.717, 1.165) is 6.07 Å². The number of rotatable bonds is 6. The van der Waals surface area contributed by atoms with Crippen LogP contribution >= 0.6 is 11.6 Å². The molecule has 1 aliphatic rings. The van der Waals surface area contributed by atoms with Crippen LogP contribution in [0.15, 0.2) is 72.3 Å². The van der Waals surface area contributed by atoms with Crippen LogP contribution < -0.4 is 14.4 Å². The highest BCUT2D eigenvalue weighted by Crippen LogP contribution is 2.43. The molecule has 8 heteroatoms. The lowest BCUT2D eigenvalue weighted by Gasteiger charge is -2.25. The highest BCUT2D eigenvalue weighted by atomic mass is 35.5. The summed E-state index contributed by atoms with van der Waals surface area (Å²) < 4.78 is 24.8. The number of hydrogen-bond donors (Lipinski definition) is 1. The van der Waals surface area contributed by atoms with Crippen LogP contribution in [0.25, 0.3) is 5.76 Å². The van der Waals surface area contributed by atoms with E-state index in [1.165, 1.54) is 24.1 Å². The van der Waals surface area contributed by atoms with Gasteiger partial charge in [0.15, 0.2) is 0 Å². The van der Waals surface area contributed by atoms with Gasteiger partial charge in [-0.25, -0.2) is 4.39 Å². The van der Waals surface area contributed by atoms with Gasteiger partial charge >= 0.3 is 0 Å². The summed E-state index contributed by atoms with van der Waals surface area (Å²) >= 11 is 6.01. The zero-order valence-electron chi connectivity index (χ0n) is 18.4. The molecule has 3 aromatic rings. The Kier molecular flexibility index (Phi) is 6.56. The fourth-order valence-electron chi connectivity index (χ4n) is 3.94. The Labute approximate surface area is 200 Å². The van der Waals surface area contributed by atoms with E-state index in [9.17, 15) is 19.1 Å². The molecule has 1 amide bonds. The molecule has 4 rings (SSSR count). The van der Waals surface area contributed by atoms with E-state index in [-0.39, 0.29) is 16.9 Å². The molecule has 6 nitrogen and oxygen atoms in total. The Balaban J connectivity index is 1.94. The van der Waals surface area contributed by atoms with Gasteiger partial charge in [-0.15, -0.1) is 0 Å². The van der Waals surface area contributed by atoms with Gasteiger partial charge in [-0.3, -0.25) is 14.5 Å². The van der Waals surface area contributed by atoms with Crippen LogP contribution in [-0.4, -0.2) is 30.5 Å². The third-order valence-corrected chi connectivity index (χ3v) is 5.72. The zero-order valence-corrected chi connectivity index (χ0v) is 19.2. The number of nitrogens with zero attached hydrogens (tertiary/aromatic N) is 1. The minimum absolute atomic E-state index is 0.0347. The third-order valence-electron chi connectivity index (χ3n) is 5.47. The molecular weight excluding hydrogens is 461 g/mol. The number of carbonyl (C=O) groups excluding carboxylic acids is 2. The average molecular weight is 482 g/mol. The first-order chi connectivity index (χ1) is 16.3. The first kappa shape index (κ1) is 23.3. The molecule has 1 fully saturated rings. The van der Waals surface area contributed by atoms with Crippen molar-refractivity contribution in [1.29, 1.82) is 0 Å². The second kappa shape index (κ2) is 9.57. The number of hydrogen-bond acceptors (Lipinski definition) is 5. The minimum atomic E-state index is -0.982. The normalized spacial score (nSPS) is 17.2. The summed E-state index contributed by atoms with van der Waals surface area (Å²) in [5.74, 6) is -2.14.